The Kier molecular flexibility index (Phi) is 3.35. The van der Waals surface area contributed by atoms with Gasteiger partial charge in [0.2, 0.25) is 0 Å². The summed E-state index contributed by atoms with van der Waals surface area (Å²) >= 11 is 5.83. The summed E-state index contributed by atoms with van der Waals surface area (Å²) < 4.78 is 0. The lowest BCUT2D eigenvalue weighted by atomic mass is 10.1. The van der Waals surface area contributed by atoms with Gasteiger partial charge in [0.15, 0.2) is 0 Å². The molecule has 2 aromatic rings. The number of nitriles is 1. The monoisotopic (exact) mass is 258 g/mol. The van der Waals surface area contributed by atoms with E-state index in [0.29, 0.717) is 27.9 Å². The normalized spacial score (nSPS) is 9.83. The summed E-state index contributed by atoms with van der Waals surface area (Å²) in [4.78, 5) is 4.10. The zero-order chi connectivity index (χ0) is 13.1. The SMILES string of the molecule is Cc1cccc(Nc2cc(N)cc(Cl)n2)c1C#N. The average molecular weight is 259 g/mol. The smallest absolute Gasteiger partial charge is 0.134 e. The highest BCUT2D eigenvalue weighted by Gasteiger charge is 2.06. The zero-order valence-corrected chi connectivity index (χ0v) is 10.5. The Labute approximate surface area is 110 Å². The van der Waals surface area contributed by atoms with E-state index >= 15 is 0 Å². The van der Waals surface area contributed by atoms with Gasteiger partial charge >= 0.3 is 0 Å². The largest absolute Gasteiger partial charge is 0.399 e. The van der Waals surface area contributed by atoms with E-state index in [2.05, 4.69) is 16.4 Å². The molecule has 0 saturated heterocycles. The summed E-state index contributed by atoms with van der Waals surface area (Å²) in [6, 6.07) is 10.9. The highest BCUT2D eigenvalue weighted by Crippen LogP contribution is 2.24. The van der Waals surface area contributed by atoms with Crippen molar-refractivity contribution in [3.63, 3.8) is 0 Å². The predicted octanol–water partition coefficient (Wildman–Crippen LogP) is 3.24. The number of nitrogen functional groups attached to an aromatic ring is 1. The molecule has 0 amide bonds. The minimum Gasteiger partial charge on any atom is -0.399 e. The molecule has 0 bridgehead atoms. The molecule has 1 aromatic heterocycles. The van der Waals surface area contributed by atoms with Gasteiger partial charge in [-0.2, -0.15) is 5.26 Å². The minimum atomic E-state index is 0.309. The standard InChI is InChI=1S/C13H11ClN4/c1-8-3-2-4-11(10(8)7-15)17-13-6-9(16)5-12(14)18-13/h2-6H,1H3,(H3,16,17,18). The van der Waals surface area contributed by atoms with Gasteiger partial charge in [0.25, 0.3) is 0 Å². The molecule has 3 N–H and O–H groups in total. The molecule has 0 aliphatic rings. The molecule has 0 aliphatic carbocycles. The topological polar surface area (TPSA) is 74.7 Å². The van der Waals surface area contributed by atoms with Crippen molar-refractivity contribution in [2.75, 3.05) is 11.1 Å². The molecule has 18 heavy (non-hydrogen) atoms. The molecule has 0 radical (unpaired) electrons. The van der Waals surface area contributed by atoms with Crippen LogP contribution >= 0.6 is 11.6 Å². The lowest BCUT2D eigenvalue weighted by Crippen LogP contribution is -1.99. The Bertz CT molecular complexity index is 611. The van der Waals surface area contributed by atoms with Crippen LogP contribution in [0.5, 0.6) is 0 Å². The highest BCUT2D eigenvalue weighted by atomic mass is 35.5. The van der Waals surface area contributed by atoms with Crippen LogP contribution in [0, 0.1) is 18.3 Å². The molecule has 0 aliphatic heterocycles. The number of anilines is 3. The maximum Gasteiger partial charge on any atom is 0.134 e. The zero-order valence-electron chi connectivity index (χ0n) is 9.74. The number of hydrogen-bond donors (Lipinski definition) is 2. The first-order chi connectivity index (χ1) is 8.60. The fraction of sp³-hybridized carbons (Fsp3) is 0.0769. The van der Waals surface area contributed by atoms with Crippen LogP contribution in [0.15, 0.2) is 30.3 Å². The van der Waals surface area contributed by atoms with Gasteiger partial charge in [-0.05, 0) is 24.6 Å². The second-order valence-corrected chi connectivity index (χ2v) is 4.23. The van der Waals surface area contributed by atoms with E-state index in [1.54, 1.807) is 12.1 Å². The predicted molar refractivity (Wildman–Crippen MR) is 72.8 cm³/mol. The maximum atomic E-state index is 9.13. The summed E-state index contributed by atoms with van der Waals surface area (Å²) in [7, 11) is 0. The van der Waals surface area contributed by atoms with Crippen molar-refractivity contribution >= 4 is 28.8 Å². The summed E-state index contributed by atoms with van der Waals surface area (Å²) in [5.41, 5.74) is 8.37. The number of halogens is 1. The van der Waals surface area contributed by atoms with Gasteiger partial charge in [-0.3, -0.25) is 0 Å². The fourth-order valence-corrected chi connectivity index (χ4v) is 1.86. The van der Waals surface area contributed by atoms with Crippen molar-refractivity contribution in [3.05, 3.63) is 46.6 Å². The Morgan fingerprint density at radius 1 is 1.39 bits per heavy atom. The van der Waals surface area contributed by atoms with Crippen LogP contribution in [0.25, 0.3) is 0 Å². The second-order valence-electron chi connectivity index (χ2n) is 3.84. The van der Waals surface area contributed by atoms with Crippen LogP contribution in [-0.4, -0.2) is 4.98 Å². The Balaban J connectivity index is 2.40. The molecular weight excluding hydrogens is 248 g/mol. The van der Waals surface area contributed by atoms with Gasteiger partial charge in [0, 0.05) is 11.8 Å². The third-order valence-corrected chi connectivity index (χ3v) is 2.66. The molecular formula is C13H11ClN4. The van der Waals surface area contributed by atoms with E-state index in [-0.39, 0.29) is 0 Å². The molecule has 0 fully saturated rings. The van der Waals surface area contributed by atoms with E-state index in [0.717, 1.165) is 5.56 Å². The van der Waals surface area contributed by atoms with E-state index in [1.165, 1.54) is 0 Å². The Morgan fingerprint density at radius 2 is 2.17 bits per heavy atom. The number of nitrogens with zero attached hydrogens (tertiary/aromatic N) is 2. The minimum absolute atomic E-state index is 0.309. The van der Waals surface area contributed by atoms with E-state index in [1.807, 2.05) is 25.1 Å². The number of nitrogens with two attached hydrogens (primary N) is 1. The molecule has 0 unspecified atom stereocenters. The van der Waals surface area contributed by atoms with Crippen molar-refractivity contribution in [2.45, 2.75) is 6.92 Å². The Hall–Kier alpha value is -2.25. The van der Waals surface area contributed by atoms with Crippen molar-refractivity contribution in [1.29, 1.82) is 5.26 Å². The maximum absolute atomic E-state index is 9.13. The summed E-state index contributed by atoms with van der Waals surface area (Å²) in [5, 5.41) is 12.5. The molecule has 4 nitrogen and oxygen atoms in total. The van der Waals surface area contributed by atoms with Crippen molar-refractivity contribution in [2.24, 2.45) is 0 Å². The average Bonchev–Trinajstić information content (AvgIpc) is 2.27. The number of rotatable bonds is 2. The van der Waals surface area contributed by atoms with Crippen molar-refractivity contribution < 1.29 is 0 Å². The van der Waals surface area contributed by atoms with Gasteiger partial charge in [0.1, 0.15) is 17.0 Å². The number of hydrogen-bond acceptors (Lipinski definition) is 4. The molecule has 0 saturated carbocycles. The van der Waals surface area contributed by atoms with Crippen molar-refractivity contribution in [3.8, 4) is 6.07 Å². The van der Waals surface area contributed by atoms with E-state index < -0.39 is 0 Å². The van der Waals surface area contributed by atoms with Crippen LogP contribution in [0.3, 0.4) is 0 Å². The lowest BCUT2D eigenvalue weighted by molar-refractivity contribution is 1.30. The number of aromatic nitrogens is 1. The Morgan fingerprint density at radius 3 is 2.83 bits per heavy atom. The summed E-state index contributed by atoms with van der Waals surface area (Å²) in [6.45, 7) is 1.88. The number of pyridine rings is 1. The third kappa shape index (κ3) is 2.53. The van der Waals surface area contributed by atoms with Crippen LogP contribution in [0.2, 0.25) is 5.15 Å². The van der Waals surface area contributed by atoms with Crippen molar-refractivity contribution in [1.82, 2.24) is 4.98 Å². The van der Waals surface area contributed by atoms with E-state index in [4.69, 9.17) is 22.6 Å². The molecule has 5 heteroatoms. The molecule has 2 rings (SSSR count). The van der Waals surface area contributed by atoms with Crippen LogP contribution in [0.4, 0.5) is 17.2 Å². The van der Waals surface area contributed by atoms with Crippen LogP contribution < -0.4 is 11.1 Å². The van der Waals surface area contributed by atoms with Crippen LogP contribution in [-0.2, 0) is 0 Å². The van der Waals surface area contributed by atoms with Gasteiger partial charge in [-0.15, -0.1) is 0 Å². The van der Waals surface area contributed by atoms with E-state index in [9.17, 15) is 0 Å². The first-order valence-electron chi connectivity index (χ1n) is 5.30. The quantitative estimate of drug-likeness (QED) is 0.811. The van der Waals surface area contributed by atoms with Gasteiger partial charge in [0.05, 0.1) is 11.3 Å². The lowest BCUT2D eigenvalue weighted by Gasteiger charge is -2.09. The molecule has 0 spiro atoms. The van der Waals surface area contributed by atoms with Gasteiger partial charge < -0.3 is 11.1 Å². The summed E-state index contributed by atoms with van der Waals surface area (Å²) in [5.74, 6) is 0.516. The molecule has 1 heterocycles. The first-order valence-corrected chi connectivity index (χ1v) is 5.68. The highest BCUT2D eigenvalue weighted by molar-refractivity contribution is 6.29. The fourth-order valence-electron chi connectivity index (χ4n) is 1.64. The molecule has 0 atom stereocenters. The van der Waals surface area contributed by atoms with Gasteiger partial charge in [-0.1, -0.05) is 23.7 Å². The summed E-state index contributed by atoms with van der Waals surface area (Å²) in [6.07, 6.45) is 0. The molecule has 1 aromatic carbocycles. The second kappa shape index (κ2) is 4.94. The van der Waals surface area contributed by atoms with Gasteiger partial charge in [-0.25, -0.2) is 4.98 Å². The van der Waals surface area contributed by atoms with Crippen LogP contribution in [0.1, 0.15) is 11.1 Å². The first kappa shape index (κ1) is 12.2. The third-order valence-electron chi connectivity index (χ3n) is 2.46. The molecule has 90 valence electrons. The number of aryl methyl sites for hydroxylation is 1. The number of benzene rings is 1. The number of nitrogens with one attached hydrogen (secondary N) is 1.